The van der Waals surface area contributed by atoms with Crippen molar-refractivity contribution in [2.45, 2.75) is 12.8 Å². The molecule has 0 bridgehead atoms. The van der Waals surface area contributed by atoms with E-state index in [0.29, 0.717) is 5.82 Å². The molecule has 1 aromatic heterocycles. The van der Waals surface area contributed by atoms with E-state index in [0.717, 1.165) is 0 Å². The molecule has 0 spiro atoms. The maximum atomic E-state index is 11.6. The van der Waals surface area contributed by atoms with Gasteiger partial charge in [-0.2, -0.15) is 0 Å². The van der Waals surface area contributed by atoms with Gasteiger partial charge < -0.3 is 5.32 Å². The van der Waals surface area contributed by atoms with Crippen LogP contribution >= 0.6 is 0 Å². The molecule has 7 nitrogen and oxygen atoms in total. The van der Waals surface area contributed by atoms with Gasteiger partial charge in [0.15, 0.2) is 0 Å². The van der Waals surface area contributed by atoms with Gasteiger partial charge >= 0.3 is 0 Å². The number of nitrogens with one attached hydrogen (secondary N) is 3. The van der Waals surface area contributed by atoms with E-state index in [-0.39, 0.29) is 18.7 Å². The van der Waals surface area contributed by atoms with Crippen LogP contribution in [0.2, 0.25) is 0 Å². The number of nitrogens with zero attached hydrogens (tertiary/aromatic N) is 1. The fourth-order valence-corrected chi connectivity index (χ4v) is 1.60. The van der Waals surface area contributed by atoms with Crippen LogP contribution in [0.3, 0.4) is 0 Å². The van der Waals surface area contributed by atoms with Crippen molar-refractivity contribution < 1.29 is 14.4 Å². The third kappa shape index (κ3) is 2.82. The van der Waals surface area contributed by atoms with Crippen molar-refractivity contribution in [1.82, 2.24) is 15.8 Å². The van der Waals surface area contributed by atoms with Gasteiger partial charge in [-0.25, -0.2) is 4.98 Å². The Morgan fingerprint density at radius 3 is 2.61 bits per heavy atom. The van der Waals surface area contributed by atoms with Crippen molar-refractivity contribution in [3.05, 3.63) is 24.4 Å². The number of hydrogen-bond donors (Lipinski definition) is 3. The van der Waals surface area contributed by atoms with Gasteiger partial charge in [0, 0.05) is 12.6 Å². The average molecular weight is 248 g/mol. The molecule has 2 heterocycles. The molecule has 94 valence electrons. The van der Waals surface area contributed by atoms with Crippen LogP contribution in [-0.4, -0.2) is 22.7 Å². The van der Waals surface area contributed by atoms with Gasteiger partial charge in [-0.3, -0.25) is 25.2 Å². The Bertz CT molecular complexity index is 458. The minimum atomic E-state index is -0.792. The summed E-state index contributed by atoms with van der Waals surface area (Å²) >= 11 is 0. The Labute approximate surface area is 103 Å². The van der Waals surface area contributed by atoms with Crippen LogP contribution in [-0.2, 0) is 14.4 Å². The van der Waals surface area contributed by atoms with Gasteiger partial charge in [0.25, 0.3) is 11.8 Å². The van der Waals surface area contributed by atoms with Crippen molar-refractivity contribution in [3.8, 4) is 0 Å². The Hall–Kier alpha value is -2.44. The molecule has 3 amide bonds. The Morgan fingerprint density at radius 1 is 1.28 bits per heavy atom. The first-order valence-electron chi connectivity index (χ1n) is 5.47. The molecule has 0 radical (unpaired) electrons. The van der Waals surface area contributed by atoms with Crippen LogP contribution in [0, 0.1) is 5.92 Å². The van der Waals surface area contributed by atoms with Crippen LogP contribution in [0.15, 0.2) is 24.4 Å². The van der Waals surface area contributed by atoms with Crippen molar-refractivity contribution in [2.75, 3.05) is 5.32 Å². The minimum Gasteiger partial charge on any atom is -0.311 e. The molecule has 1 aliphatic rings. The molecule has 7 heteroatoms. The summed E-state index contributed by atoms with van der Waals surface area (Å²) < 4.78 is 0. The van der Waals surface area contributed by atoms with E-state index in [1.165, 1.54) is 0 Å². The number of hydrogen-bond acceptors (Lipinski definition) is 4. The summed E-state index contributed by atoms with van der Waals surface area (Å²) in [5.41, 5.74) is 4.42. The zero-order chi connectivity index (χ0) is 13.0. The number of carbonyl (C=O) groups is 3. The lowest BCUT2D eigenvalue weighted by molar-refractivity contribution is -0.128. The number of rotatable bonds is 4. The topological polar surface area (TPSA) is 100 Å². The monoisotopic (exact) mass is 248 g/mol. The van der Waals surface area contributed by atoms with E-state index in [1.54, 1.807) is 24.4 Å². The summed E-state index contributed by atoms with van der Waals surface area (Å²) in [5, 5.41) is 2.58. The molecule has 0 unspecified atom stereocenters. The number of anilines is 1. The van der Waals surface area contributed by atoms with Gasteiger partial charge in [0.1, 0.15) is 11.7 Å². The maximum Gasteiger partial charge on any atom is 0.251 e. The van der Waals surface area contributed by atoms with Gasteiger partial charge in [-0.1, -0.05) is 6.07 Å². The predicted octanol–water partition coefficient (Wildman–Crippen LogP) is -0.422. The molecule has 0 saturated carbocycles. The number of amides is 3. The standard InChI is InChI=1S/C11H12N4O3/c16-9(13-8-3-1-2-6-12-8)5-4-7-10(17)14-15-11(7)18/h1-3,6-7H,4-5H2,(H,14,17)(H,15,18)(H,12,13,16). The molecule has 1 fully saturated rings. The van der Waals surface area contributed by atoms with E-state index in [4.69, 9.17) is 0 Å². The maximum absolute atomic E-state index is 11.6. The van der Waals surface area contributed by atoms with Crippen LogP contribution in [0.1, 0.15) is 12.8 Å². The summed E-state index contributed by atoms with van der Waals surface area (Å²) in [6.07, 6.45) is 1.83. The first-order valence-corrected chi connectivity index (χ1v) is 5.47. The summed E-state index contributed by atoms with van der Waals surface area (Å²) in [6, 6.07) is 5.15. The number of hydrazine groups is 1. The van der Waals surface area contributed by atoms with Crippen LogP contribution < -0.4 is 16.2 Å². The van der Waals surface area contributed by atoms with E-state index < -0.39 is 17.7 Å². The molecule has 1 aromatic rings. The lowest BCUT2D eigenvalue weighted by atomic mass is 10.0. The van der Waals surface area contributed by atoms with Gasteiger partial charge in [-0.15, -0.1) is 0 Å². The third-order valence-electron chi connectivity index (χ3n) is 2.53. The van der Waals surface area contributed by atoms with Crippen LogP contribution in [0.4, 0.5) is 5.82 Å². The molecular weight excluding hydrogens is 236 g/mol. The van der Waals surface area contributed by atoms with Gasteiger partial charge in [-0.05, 0) is 18.6 Å². The second-order valence-corrected chi connectivity index (χ2v) is 3.83. The Morgan fingerprint density at radius 2 is 2.00 bits per heavy atom. The molecule has 1 saturated heterocycles. The zero-order valence-electron chi connectivity index (χ0n) is 9.47. The molecule has 0 atom stereocenters. The Kier molecular flexibility index (Phi) is 3.52. The number of pyridine rings is 1. The van der Waals surface area contributed by atoms with E-state index in [1.807, 2.05) is 0 Å². The van der Waals surface area contributed by atoms with Crippen LogP contribution in [0.25, 0.3) is 0 Å². The first-order chi connectivity index (χ1) is 8.66. The molecule has 0 aliphatic carbocycles. The van der Waals surface area contributed by atoms with Gasteiger partial charge in [0.2, 0.25) is 5.91 Å². The quantitative estimate of drug-likeness (QED) is 0.630. The predicted molar refractivity (Wildman–Crippen MR) is 61.9 cm³/mol. The highest BCUT2D eigenvalue weighted by Crippen LogP contribution is 2.11. The molecular formula is C11H12N4O3. The summed E-state index contributed by atoms with van der Waals surface area (Å²) in [5.74, 6) is -1.42. The SMILES string of the molecule is O=C(CCC1C(=O)NNC1=O)Nc1ccccn1. The highest BCUT2D eigenvalue weighted by Gasteiger charge is 2.32. The summed E-state index contributed by atoms with van der Waals surface area (Å²) in [6.45, 7) is 0. The molecule has 2 rings (SSSR count). The minimum absolute atomic E-state index is 0.0854. The molecule has 0 aromatic carbocycles. The van der Waals surface area contributed by atoms with E-state index >= 15 is 0 Å². The van der Waals surface area contributed by atoms with E-state index in [2.05, 4.69) is 21.2 Å². The lowest BCUT2D eigenvalue weighted by Crippen LogP contribution is -2.28. The van der Waals surface area contributed by atoms with Crippen molar-refractivity contribution in [3.63, 3.8) is 0 Å². The zero-order valence-corrected chi connectivity index (χ0v) is 9.47. The lowest BCUT2D eigenvalue weighted by Gasteiger charge is -2.05. The largest absolute Gasteiger partial charge is 0.311 e. The molecule has 18 heavy (non-hydrogen) atoms. The highest BCUT2D eigenvalue weighted by molar-refractivity contribution is 6.05. The highest BCUT2D eigenvalue weighted by atomic mass is 16.2. The average Bonchev–Trinajstić information content (AvgIpc) is 2.68. The molecule has 1 aliphatic heterocycles. The fourth-order valence-electron chi connectivity index (χ4n) is 1.60. The van der Waals surface area contributed by atoms with Crippen molar-refractivity contribution in [2.24, 2.45) is 5.92 Å². The summed E-state index contributed by atoms with van der Waals surface area (Å²) in [7, 11) is 0. The Balaban J connectivity index is 1.82. The normalized spacial score (nSPS) is 15.1. The van der Waals surface area contributed by atoms with Crippen LogP contribution in [0.5, 0.6) is 0 Å². The number of carbonyl (C=O) groups excluding carboxylic acids is 3. The van der Waals surface area contributed by atoms with E-state index in [9.17, 15) is 14.4 Å². The number of aromatic nitrogens is 1. The fraction of sp³-hybridized carbons (Fsp3) is 0.273. The second kappa shape index (κ2) is 5.26. The summed E-state index contributed by atoms with van der Waals surface area (Å²) in [4.78, 5) is 37.9. The smallest absolute Gasteiger partial charge is 0.251 e. The van der Waals surface area contributed by atoms with Crippen molar-refractivity contribution >= 4 is 23.5 Å². The van der Waals surface area contributed by atoms with Crippen molar-refractivity contribution in [1.29, 1.82) is 0 Å². The molecule has 3 N–H and O–H groups in total. The second-order valence-electron chi connectivity index (χ2n) is 3.83. The van der Waals surface area contributed by atoms with Gasteiger partial charge in [0.05, 0.1) is 0 Å². The third-order valence-corrected chi connectivity index (χ3v) is 2.53. The first kappa shape index (κ1) is 12.0.